The number of carbonyl (C=O) groups is 2. The number of amides is 2. The third-order valence-electron chi connectivity index (χ3n) is 4.37. The van der Waals surface area contributed by atoms with Crippen LogP contribution in [0, 0.1) is 6.92 Å². The molecule has 0 saturated carbocycles. The van der Waals surface area contributed by atoms with E-state index in [-0.39, 0.29) is 23.5 Å². The number of aromatic amines is 1. The van der Waals surface area contributed by atoms with Gasteiger partial charge in [0.25, 0.3) is 5.56 Å². The number of benzene rings is 1. The Morgan fingerprint density at radius 3 is 2.58 bits per heavy atom. The molecule has 164 valence electrons. The van der Waals surface area contributed by atoms with E-state index in [9.17, 15) is 22.8 Å². The predicted molar refractivity (Wildman–Crippen MR) is 116 cm³/mol. The average Bonchev–Trinajstić information content (AvgIpc) is 3.20. The maximum atomic E-state index is 12.3. The van der Waals surface area contributed by atoms with Gasteiger partial charge in [-0.2, -0.15) is 0 Å². The molecule has 0 unspecified atom stereocenters. The fraction of sp³-hybridized carbons (Fsp3) is 0.263. The zero-order valence-corrected chi connectivity index (χ0v) is 18.5. The van der Waals surface area contributed by atoms with Gasteiger partial charge in [0.15, 0.2) is 0 Å². The number of nitrogens with zero attached hydrogens (tertiary/aromatic N) is 2. The number of rotatable bonds is 8. The molecule has 0 saturated heterocycles. The number of thiophene rings is 1. The maximum Gasteiger partial charge on any atom is 0.268 e. The van der Waals surface area contributed by atoms with Crippen molar-refractivity contribution < 1.29 is 18.0 Å². The van der Waals surface area contributed by atoms with Crippen LogP contribution in [0.1, 0.15) is 11.4 Å². The van der Waals surface area contributed by atoms with Crippen molar-refractivity contribution in [2.75, 3.05) is 20.1 Å². The van der Waals surface area contributed by atoms with Crippen molar-refractivity contribution in [3.8, 4) is 0 Å². The maximum absolute atomic E-state index is 12.3. The van der Waals surface area contributed by atoms with Crippen LogP contribution in [0.15, 0.2) is 45.4 Å². The fourth-order valence-electron chi connectivity index (χ4n) is 2.64. The van der Waals surface area contributed by atoms with Crippen molar-refractivity contribution in [2.45, 2.75) is 18.4 Å². The first-order valence-corrected chi connectivity index (χ1v) is 11.6. The van der Waals surface area contributed by atoms with Crippen molar-refractivity contribution in [1.82, 2.24) is 24.9 Å². The summed E-state index contributed by atoms with van der Waals surface area (Å²) in [5.41, 5.74) is 1.19. The molecule has 0 fully saturated rings. The van der Waals surface area contributed by atoms with Gasteiger partial charge in [-0.05, 0) is 30.5 Å². The second kappa shape index (κ2) is 9.37. The lowest BCUT2D eigenvalue weighted by atomic mass is 10.2. The molecule has 12 heteroatoms. The molecule has 31 heavy (non-hydrogen) atoms. The van der Waals surface area contributed by atoms with E-state index in [0.717, 1.165) is 5.56 Å². The van der Waals surface area contributed by atoms with Crippen LogP contribution in [0.4, 0.5) is 0 Å². The lowest BCUT2D eigenvalue weighted by Gasteiger charge is -2.17. The molecule has 2 heterocycles. The molecular weight excluding hydrogens is 442 g/mol. The summed E-state index contributed by atoms with van der Waals surface area (Å²) in [7, 11) is -2.33. The van der Waals surface area contributed by atoms with E-state index >= 15 is 0 Å². The second-order valence-electron chi connectivity index (χ2n) is 6.81. The Balaban J connectivity index is 1.49. The molecule has 0 spiro atoms. The Morgan fingerprint density at radius 2 is 1.87 bits per heavy atom. The first-order chi connectivity index (χ1) is 14.7. The summed E-state index contributed by atoms with van der Waals surface area (Å²) in [5, 5.41) is 4.13. The summed E-state index contributed by atoms with van der Waals surface area (Å²) < 4.78 is 27.1. The smallest absolute Gasteiger partial charge is 0.268 e. The van der Waals surface area contributed by atoms with Gasteiger partial charge in [0, 0.05) is 7.05 Å². The first-order valence-electron chi connectivity index (χ1n) is 9.19. The monoisotopic (exact) mass is 463 g/mol. The van der Waals surface area contributed by atoms with Gasteiger partial charge in [-0.3, -0.25) is 14.4 Å². The largest absolute Gasteiger partial charge is 0.346 e. The van der Waals surface area contributed by atoms with E-state index in [4.69, 9.17) is 0 Å². The molecule has 10 nitrogen and oxygen atoms in total. The van der Waals surface area contributed by atoms with Gasteiger partial charge in [0.2, 0.25) is 21.8 Å². The minimum atomic E-state index is -3.83. The topological polar surface area (TPSA) is 141 Å². The minimum Gasteiger partial charge on any atom is -0.346 e. The van der Waals surface area contributed by atoms with Crippen LogP contribution in [0.3, 0.4) is 0 Å². The number of hydrogen-bond acceptors (Lipinski definition) is 7. The summed E-state index contributed by atoms with van der Waals surface area (Å²) in [6.07, 6.45) is 0. The second-order valence-corrected chi connectivity index (χ2v) is 9.49. The molecule has 2 amide bonds. The van der Waals surface area contributed by atoms with Crippen LogP contribution in [0.2, 0.25) is 0 Å². The third kappa shape index (κ3) is 5.75. The number of hydrogen-bond donors (Lipinski definition) is 3. The Morgan fingerprint density at radius 1 is 1.16 bits per heavy atom. The predicted octanol–water partition coefficient (Wildman–Crippen LogP) is 0.346. The van der Waals surface area contributed by atoms with Crippen LogP contribution in [-0.2, 0) is 26.2 Å². The molecule has 0 aliphatic rings. The average molecular weight is 464 g/mol. The standard InChI is InChI=1S/C19H21N5O5S2/c1-12-3-5-13(6-4-12)31(28,29)21-9-16(25)20-10-17(26)24(2)11-15-22-14-7-8-30-18(14)19(27)23-15/h3-8,21H,9-11H2,1-2H3,(H,20,25)(H,22,23,27). The van der Waals surface area contributed by atoms with Gasteiger partial charge >= 0.3 is 0 Å². The molecular formula is C19H21N5O5S2. The van der Waals surface area contributed by atoms with Gasteiger partial charge in [-0.15, -0.1) is 11.3 Å². The minimum absolute atomic E-state index is 0.0470. The van der Waals surface area contributed by atoms with E-state index in [1.807, 2.05) is 6.92 Å². The Hall–Kier alpha value is -3.09. The number of H-pyrrole nitrogens is 1. The van der Waals surface area contributed by atoms with Crippen LogP contribution < -0.4 is 15.6 Å². The summed E-state index contributed by atoms with van der Waals surface area (Å²) in [6.45, 7) is 1.05. The van der Waals surface area contributed by atoms with Crippen molar-refractivity contribution in [2.24, 2.45) is 0 Å². The van der Waals surface area contributed by atoms with E-state index in [0.29, 0.717) is 16.0 Å². The normalized spacial score (nSPS) is 11.4. The number of carbonyl (C=O) groups excluding carboxylic acids is 2. The molecule has 0 atom stereocenters. The first kappa shape index (κ1) is 22.6. The van der Waals surface area contributed by atoms with E-state index in [2.05, 4.69) is 20.0 Å². The molecule has 1 aromatic carbocycles. The molecule has 3 N–H and O–H groups in total. The van der Waals surface area contributed by atoms with Crippen LogP contribution >= 0.6 is 11.3 Å². The fourth-order valence-corrected chi connectivity index (χ4v) is 4.35. The Labute approximate surface area is 182 Å². The Kier molecular flexibility index (Phi) is 6.83. The number of aryl methyl sites for hydroxylation is 1. The van der Waals surface area contributed by atoms with Gasteiger partial charge in [-0.25, -0.2) is 18.1 Å². The highest BCUT2D eigenvalue weighted by Crippen LogP contribution is 2.14. The van der Waals surface area contributed by atoms with Crippen molar-refractivity contribution in [1.29, 1.82) is 0 Å². The Bertz CT molecular complexity index is 1260. The van der Waals surface area contributed by atoms with E-state index in [1.54, 1.807) is 23.6 Å². The zero-order valence-electron chi connectivity index (χ0n) is 16.8. The highest BCUT2D eigenvalue weighted by atomic mass is 32.2. The van der Waals surface area contributed by atoms with E-state index in [1.165, 1.54) is 35.4 Å². The highest BCUT2D eigenvalue weighted by molar-refractivity contribution is 7.89. The van der Waals surface area contributed by atoms with E-state index < -0.39 is 28.4 Å². The zero-order chi connectivity index (χ0) is 22.6. The molecule has 0 radical (unpaired) electrons. The van der Waals surface area contributed by atoms with Crippen molar-refractivity contribution in [3.63, 3.8) is 0 Å². The molecule has 2 aromatic heterocycles. The van der Waals surface area contributed by atoms with Gasteiger partial charge in [0.05, 0.1) is 30.0 Å². The summed E-state index contributed by atoms with van der Waals surface area (Å²) >= 11 is 1.28. The molecule has 3 aromatic rings. The van der Waals surface area contributed by atoms with Gasteiger partial charge in [0.1, 0.15) is 10.5 Å². The highest BCUT2D eigenvalue weighted by Gasteiger charge is 2.17. The number of sulfonamides is 1. The molecule has 0 aliphatic carbocycles. The lowest BCUT2D eigenvalue weighted by molar-refractivity contribution is -0.132. The number of nitrogens with one attached hydrogen (secondary N) is 3. The summed E-state index contributed by atoms with van der Waals surface area (Å²) in [6, 6.07) is 7.92. The van der Waals surface area contributed by atoms with Crippen LogP contribution in [0.5, 0.6) is 0 Å². The van der Waals surface area contributed by atoms with Crippen LogP contribution in [-0.4, -0.2) is 55.2 Å². The third-order valence-corrected chi connectivity index (χ3v) is 6.69. The molecule has 3 rings (SSSR count). The summed E-state index contributed by atoms with van der Waals surface area (Å²) in [4.78, 5) is 44.5. The number of fused-ring (bicyclic) bond motifs is 1. The quantitative estimate of drug-likeness (QED) is 0.440. The SMILES string of the molecule is Cc1ccc(S(=O)(=O)NCC(=O)NCC(=O)N(C)Cc2nc3ccsc3c(=O)[nH]2)cc1. The number of aromatic nitrogens is 2. The van der Waals surface area contributed by atoms with Crippen molar-refractivity contribution in [3.05, 3.63) is 57.5 Å². The molecule has 0 bridgehead atoms. The number of likely N-dealkylation sites (N-methyl/N-ethyl adjacent to an activating group) is 1. The molecule has 0 aliphatic heterocycles. The van der Waals surface area contributed by atoms with Gasteiger partial charge < -0.3 is 15.2 Å². The van der Waals surface area contributed by atoms with Crippen molar-refractivity contribution >= 4 is 43.4 Å². The van der Waals surface area contributed by atoms with Gasteiger partial charge in [-0.1, -0.05) is 17.7 Å². The lowest BCUT2D eigenvalue weighted by Crippen LogP contribution is -2.42. The van der Waals surface area contributed by atoms with Crippen LogP contribution in [0.25, 0.3) is 10.2 Å². The summed E-state index contributed by atoms with van der Waals surface area (Å²) in [5.74, 6) is -0.754.